The first-order chi connectivity index (χ1) is 3.43. The van der Waals surface area contributed by atoms with Crippen LogP contribution in [-0.2, 0) is 5.75 Å². The molecule has 1 nitrogen and oxygen atoms in total. The van der Waals surface area contributed by atoms with Gasteiger partial charge >= 0.3 is 0 Å². The Bertz CT molecular complexity index is 123. The summed E-state index contributed by atoms with van der Waals surface area (Å²) in [7, 11) is 0. The average Bonchev–Trinajstić information content (AvgIpc) is 2.14. The molecule has 0 unspecified atom stereocenters. The third-order valence-corrected chi connectivity index (χ3v) is 1.01. The van der Waals surface area contributed by atoms with Crippen LogP contribution in [0.15, 0.2) is 22.8 Å². The lowest BCUT2D eigenvalue weighted by molar-refractivity contribution is 0.531. The number of furan rings is 1. The topological polar surface area (TPSA) is 13.1 Å². The second kappa shape index (κ2) is 2.07. The lowest BCUT2D eigenvalue weighted by Crippen LogP contribution is -1.62. The van der Waals surface area contributed by atoms with E-state index in [4.69, 9.17) is 4.42 Å². The van der Waals surface area contributed by atoms with Crippen LogP contribution in [0.5, 0.6) is 0 Å². The quantitative estimate of drug-likeness (QED) is 0.542. The molecule has 1 aromatic rings. The van der Waals surface area contributed by atoms with Crippen molar-refractivity contribution in [2.45, 2.75) is 5.75 Å². The Morgan fingerprint density at radius 1 is 1.71 bits per heavy atom. The van der Waals surface area contributed by atoms with Gasteiger partial charge in [0.2, 0.25) is 0 Å². The molecule has 0 N–H and O–H groups in total. The minimum atomic E-state index is 0.576. The molecule has 0 aliphatic rings. The monoisotopic (exact) mass is 113 g/mol. The third kappa shape index (κ3) is 0.996. The highest BCUT2D eigenvalue weighted by atomic mass is 32.1. The highest BCUT2D eigenvalue weighted by molar-refractivity contribution is 7.79. The molecule has 0 aliphatic heterocycles. The van der Waals surface area contributed by atoms with Gasteiger partial charge in [0.25, 0.3) is 0 Å². The van der Waals surface area contributed by atoms with Crippen LogP contribution in [-0.4, -0.2) is 0 Å². The molecule has 37 valence electrons. The van der Waals surface area contributed by atoms with Crippen molar-refractivity contribution in [3.8, 4) is 0 Å². The van der Waals surface area contributed by atoms with Crippen molar-refractivity contribution in [2.24, 2.45) is 0 Å². The lowest BCUT2D eigenvalue weighted by Gasteiger charge is -1.77. The summed E-state index contributed by atoms with van der Waals surface area (Å²) in [5.74, 6) is 1.45. The van der Waals surface area contributed by atoms with Crippen LogP contribution < -0.4 is 0 Å². The SMILES string of the molecule is [S]Cc1ccco1. The van der Waals surface area contributed by atoms with Gasteiger partial charge in [-0.2, -0.15) is 0 Å². The van der Waals surface area contributed by atoms with Gasteiger partial charge in [0.1, 0.15) is 5.76 Å². The molecule has 0 spiro atoms. The van der Waals surface area contributed by atoms with Crippen molar-refractivity contribution < 1.29 is 4.42 Å². The van der Waals surface area contributed by atoms with Gasteiger partial charge in [0.15, 0.2) is 0 Å². The Labute approximate surface area is 47.7 Å². The Hall–Kier alpha value is -0.370. The Morgan fingerprint density at radius 2 is 2.57 bits per heavy atom. The van der Waals surface area contributed by atoms with Gasteiger partial charge in [0.05, 0.1) is 12.0 Å². The molecule has 0 saturated carbocycles. The minimum absolute atomic E-state index is 0.576. The maximum atomic E-state index is 4.88. The largest absolute Gasteiger partial charge is 0.468 e. The molecule has 1 aromatic heterocycles. The maximum absolute atomic E-state index is 4.88. The normalized spacial score (nSPS) is 9.29. The summed E-state index contributed by atoms with van der Waals surface area (Å²) >= 11 is 4.68. The first-order valence-electron chi connectivity index (χ1n) is 2.04. The predicted octanol–water partition coefficient (Wildman–Crippen LogP) is 1.98. The van der Waals surface area contributed by atoms with E-state index in [1.54, 1.807) is 6.26 Å². The van der Waals surface area contributed by atoms with Crippen molar-refractivity contribution in [1.29, 1.82) is 0 Å². The fraction of sp³-hybridized carbons (Fsp3) is 0.200. The summed E-state index contributed by atoms with van der Waals surface area (Å²) in [6.45, 7) is 0. The molecule has 2 heteroatoms. The zero-order chi connectivity index (χ0) is 5.11. The smallest absolute Gasteiger partial charge is 0.114 e. The van der Waals surface area contributed by atoms with Crippen molar-refractivity contribution in [1.82, 2.24) is 0 Å². The molecule has 0 aromatic carbocycles. The van der Waals surface area contributed by atoms with E-state index in [0.717, 1.165) is 5.76 Å². The molecule has 0 amide bonds. The molecule has 1 radical (unpaired) electrons. The van der Waals surface area contributed by atoms with E-state index in [-0.39, 0.29) is 0 Å². The van der Waals surface area contributed by atoms with Crippen LogP contribution in [0, 0.1) is 0 Å². The molecule has 7 heavy (non-hydrogen) atoms. The molecule has 0 bridgehead atoms. The number of hydrogen-bond donors (Lipinski definition) is 0. The van der Waals surface area contributed by atoms with E-state index in [2.05, 4.69) is 12.6 Å². The number of rotatable bonds is 1. The molecular weight excluding hydrogens is 108 g/mol. The van der Waals surface area contributed by atoms with Crippen LogP contribution >= 0.6 is 12.6 Å². The second-order valence-corrected chi connectivity index (χ2v) is 1.51. The van der Waals surface area contributed by atoms with Gasteiger partial charge in [-0.05, 0) is 12.1 Å². The van der Waals surface area contributed by atoms with Crippen LogP contribution in [0.4, 0.5) is 0 Å². The van der Waals surface area contributed by atoms with E-state index >= 15 is 0 Å². The molecule has 0 saturated heterocycles. The summed E-state index contributed by atoms with van der Waals surface area (Å²) in [6.07, 6.45) is 1.63. The van der Waals surface area contributed by atoms with E-state index in [1.165, 1.54) is 0 Å². The van der Waals surface area contributed by atoms with Gasteiger partial charge in [-0.1, -0.05) is 12.6 Å². The van der Waals surface area contributed by atoms with Crippen LogP contribution in [0.25, 0.3) is 0 Å². The van der Waals surface area contributed by atoms with Crippen molar-refractivity contribution in [3.63, 3.8) is 0 Å². The van der Waals surface area contributed by atoms with Crippen molar-refractivity contribution in [2.75, 3.05) is 0 Å². The first kappa shape index (κ1) is 4.78. The summed E-state index contributed by atoms with van der Waals surface area (Å²) in [5.41, 5.74) is 0. The molecule has 1 rings (SSSR count). The molecule has 0 atom stereocenters. The second-order valence-electron chi connectivity index (χ2n) is 1.22. The molecule has 0 fully saturated rings. The standard InChI is InChI=1S/C5H5OS/c7-4-5-2-1-3-6-5/h1-3H,4H2. The number of hydrogen-bond acceptors (Lipinski definition) is 1. The maximum Gasteiger partial charge on any atom is 0.114 e. The zero-order valence-corrected chi connectivity index (χ0v) is 4.57. The Kier molecular flexibility index (Phi) is 1.42. The van der Waals surface area contributed by atoms with Crippen molar-refractivity contribution >= 4 is 12.6 Å². The van der Waals surface area contributed by atoms with Crippen LogP contribution in [0.1, 0.15) is 5.76 Å². The van der Waals surface area contributed by atoms with Crippen LogP contribution in [0.2, 0.25) is 0 Å². The van der Waals surface area contributed by atoms with Gasteiger partial charge in [-0.15, -0.1) is 0 Å². The fourth-order valence-corrected chi connectivity index (χ4v) is 0.559. The van der Waals surface area contributed by atoms with Gasteiger partial charge in [-0.25, -0.2) is 0 Å². The fourth-order valence-electron chi connectivity index (χ4n) is 0.395. The summed E-state index contributed by atoms with van der Waals surface area (Å²) < 4.78 is 4.88. The highest BCUT2D eigenvalue weighted by Crippen LogP contribution is 2.01. The zero-order valence-electron chi connectivity index (χ0n) is 3.76. The highest BCUT2D eigenvalue weighted by Gasteiger charge is 1.85. The van der Waals surface area contributed by atoms with Crippen molar-refractivity contribution in [3.05, 3.63) is 24.2 Å². The first-order valence-corrected chi connectivity index (χ1v) is 2.61. The summed E-state index contributed by atoms with van der Waals surface area (Å²) in [5, 5.41) is 0. The van der Waals surface area contributed by atoms with Gasteiger partial charge in [0, 0.05) is 0 Å². The van der Waals surface area contributed by atoms with E-state index in [9.17, 15) is 0 Å². The Morgan fingerprint density at radius 3 is 2.86 bits per heavy atom. The predicted molar refractivity (Wildman–Crippen MR) is 30.0 cm³/mol. The molecular formula is C5H5OS. The summed E-state index contributed by atoms with van der Waals surface area (Å²) in [6, 6.07) is 3.70. The van der Waals surface area contributed by atoms with Gasteiger partial charge < -0.3 is 4.42 Å². The molecule has 0 aliphatic carbocycles. The minimum Gasteiger partial charge on any atom is -0.468 e. The Balaban J connectivity index is 2.76. The van der Waals surface area contributed by atoms with E-state index < -0.39 is 0 Å². The van der Waals surface area contributed by atoms with Crippen LogP contribution in [0.3, 0.4) is 0 Å². The summed E-state index contributed by atoms with van der Waals surface area (Å²) in [4.78, 5) is 0. The van der Waals surface area contributed by atoms with E-state index in [0.29, 0.717) is 5.75 Å². The van der Waals surface area contributed by atoms with Gasteiger partial charge in [-0.3, -0.25) is 0 Å². The molecule has 1 heterocycles. The van der Waals surface area contributed by atoms with E-state index in [1.807, 2.05) is 12.1 Å². The lowest BCUT2D eigenvalue weighted by atomic mass is 10.5. The third-order valence-electron chi connectivity index (χ3n) is 0.722. The average molecular weight is 113 g/mol.